The summed E-state index contributed by atoms with van der Waals surface area (Å²) in [6.45, 7) is 1.24. The van der Waals surface area contributed by atoms with Crippen LogP contribution >= 0.6 is 0 Å². The van der Waals surface area contributed by atoms with Gasteiger partial charge in [0.25, 0.3) is 0 Å². The van der Waals surface area contributed by atoms with E-state index < -0.39 is 29.3 Å². The minimum absolute atomic E-state index is 0.102. The monoisotopic (exact) mass is 409 g/mol. The van der Waals surface area contributed by atoms with Crippen LogP contribution in [-0.2, 0) is 16.0 Å². The van der Waals surface area contributed by atoms with E-state index in [2.05, 4.69) is 10.6 Å². The molecule has 30 heavy (non-hydrogen) atoms. The minimum Gasteiger partial charge on any atom is -0.399 e. The van der Waals surface area contributed by atoms with Crippen molar-refractivity contribution in [2.75, 3.05) is 35.2 Å². The van der Waals surface area contributed by atoms with Crippen molar-refractivity contribution < 1.29 is 18.8 Å². The number of piperazine rings is 1. The maximum atomic E-state index is 14.4. The lowest BCUT2D eigenvalue weighted by molar-refractivity contribution is -0.146. The third kappa shape index (κ3) is 2.54. The molecule has 4 N–H and O–H groups in total. The normalized spacial score (nSPS) is 22.3. The number of nitrogens with zero attached hydrogens (tertiary/aromatic N) is 2. The van der Waals surface area contributed by atoms with Gasteiger partial charge in [-0.25, -0.2) is 9.18 Å². The Morgan fingerprint density at radius 1 is 1.00 bits per heavy atom. The predicted octanol–water partition coefficient (Wildman–Crippen LogP) is 1.01. The predicted molar refractivity (Wildman–Crippen MR) is 108 cm³/mol. The summed E-state index contributed by atoms with van der Waals surface area (Å²) in [5, 5.41) is 4.51. The molecule has 0 aromatic heterocycles. The number of benzene rings is 2. The molecule has 0 saturated carbocycles. The summed E-state index contributed by atoms with van der Waals surface area (Å²) in [6.07, 6.45) is 0.102. The molecule has 2 saturated heterocycles. The summed E-state index contributed by atoms with van der Waals surface area (Å²) in [5.74, 6) is -1.65. The van der Waals surface area contributed by atoms with Crippen LogP contribution in [0.5, 0.6) is 0 Å². The first kappa shape index (κ1) is 18.4. The molecule has 9 heteroatoms. The summed E-state index contributed by atoms with van der Waals surface area (Å²) < 4.78 is 14.4. The number of anilines is 3. The average Bonchev–Trinajstić information content (AvgIpc) is 2.71. The number of nitrogens with two attached hydrogens (primary N) is 1. The molecule has 154 valence electrons. The summed E-state index contributed by atoms with van der Waals surface area (Å²) in [6, 6.07) is 10.4. The van der Waals surface area contributed by atoms with E-state index in [4.69, 9.17) is 5.73 Å². The van der Waals surface area contributed by atoms with Gasteiger partial charge in [-0.1, -0.05) is 12.1 Å². The molecule has 0 radical (unpaired) electrons. The molecule has 5 rings (SSSR count). The van der Waals surface area contributed by atoms with Gasteiger partial charge >= 0.3 is 6.03 Å². The number of para-hydroxylation sites is 1. The molecule has 3 heterocycles. The van der Waals surface area contributed by atoms with E-state index in [-0.39, 0.29) is 18.8 Å². The minimum atomic E-state index is -1.53. The number of urea groups is 1. The summed E-state index contributed by atoms with van der Waals surface area (Å²) in [7, 11) is 0. The van der Waals surface area contributed by atoms with Crippen LogP contribution in [0.3, 0.4) is 0 Å². The van der Waals surface area contributed by atoms with Gasteiger partial charge in [-0.3, -0.25) is 20.2 Å². The van der Waals surface area contributed by atoms with Crippen LogP contribution in [0.2, 0.25) is 0 Å². The highest BCUT2D eigenvalue weighted by molar-refractivity contribution is 6.20. The average molecular weight is 409 g/mol. The van der Waals surface area contributed by atoms with Crippen LogP contribution < -0.4 is 26.2 Å². The number of carbonyl (C=O) groups is 3. The third-order valence-electron chi connectivity index (χ3n) is 6.29. The van der Waals surface area contributed by atoms with Gasteiger partial charge < -0.3 is 15.5 Å². The fourth-order valence-electron chi connectivity index (χ4n) is 4.89. The van der Waals surface area contributed by atoms with Gasteiger partial charge in [0.2, 0.25) is 11.8 Å². The molecule has 0 bridgehead atoms. The van der Waals surface area contributed by atoms with Gasteiger partial charge in [0.05, 0.1) is 11.7 Å². The molecule has 2 aromatic rings. The van der Waals surface area contributed by atoms with Gasteiger partial charge in [-0.15, -0.1) is 0 Å². The lowest BCUT2D eigenvalue weighted by Gasteiger charge is -2.54. The fourth-order valence-corrected chi connectivity index (χ4v) is 4.89. The standard InChI is InChI=1S/C21H20FN5O3/c22-14-3-1-2-4-16(14)26-7-8-27-15-6-5-13(23)9-12(15)10-21(17(27)11-26)18(28)24-20(30)25-19(21)29/h1-6,9,17H,7-8,10-11,23H2,(H2,24,25,28,29,30)/t17-/m1/s1. The Bertz CT molecular complexity index is 1070. The second-order valence-electron chi connectivity index (χ2n) is 7.88. The number of imide groups is 2. The van der Waals surface area contributed by atoms with Crippen LogP contribution in [0.4, 0.5) is 26.2 Å². The van der Waals surface area contributed by atoms with Crippen molar-refractivity contribution in [2.45, 2.75) is 12.5 Å². The molecule has 3 aliphatic rings. The van der Waals surface area contributed by atoms with E-state index in [0.717, 1.165) is 11.3 Å². The number of nitrogens with one attached hydrogen (secondary N) is 2. The van der Waals surface area contributed by atoms with E-state index in [1.807, 2.05) is 15.9 Å². The molecular formula is C21H20FN5O3. The third-order valence-corrected chi connectivity index (χ3v) is 6.29. The first-order valence-electron chi connectivity index (χ1n) is 9.71. The Hall–Kier alpha value is -3.62. The zero-order valence-corrected chi connectivity index (χ0v) is 16.0. The first-order chi connectivity index (χ1) is 14.4. The van der Waals surface area contributed by atoms with Crippen LogP contribution in [0.25, 0.3) is 0 Å². The molecule has 3 aliphatic heterocycles. The van der Waals surface area contributed by atoms with Gasteiger partial charge in [-0.2, -0.15) is 0 Å². The van der Waals surface area contributed by atoms with Crippen molar-refractivity contribution in [1.82, 2.24) is 10.6 Å². The lowest BCUT2D eigenvalue weighted by atomic mass is 9.68. The molecule has 8 nitrogen and oxygen atoms in total. The highest BCUT2D eigenvalue weighted by atomic mass is 19.1. The van der Waals surface area contributed by atoms with Crippen LogP contribution in [-0.4, -0.2) is 43.5 Å². The van der Waals surface area contributed by atoms with Crippen molar-refractivity contribution in [3.8, 4) is 0 Å². The Morgan fingerprint density at radius 2 is 1.73 bits per heavy atom. The number of carbonyl (C=O) groups excluding carboxylic acids is 3. The molecule has 0 aliphatic carbocycles. The molecule has 0 unspecified atom stereocenters. The van der Waals surface area contributed by atoms with Crippen molar-refractivity contribution in [1.29, 1.82) is 0 Å². The Labute approximate surface area is 171 Å². The second-order valence-corrected chi connectivity index (χ2v) is 7.88. The SMILES string of the molecule is Nc1ccc2c(c1)CC1(C(=O)NC(=O)NC1=O)[C@H]1CN(c3ccccc3F)CCN21. The number of rotatable bonds is 1. The number of hydrogen-bond donors (Lipinski definition) is 3. The van der Waals surface area contributed by atoms with E-state index >= 15 is 0 Å². The van der Waals surface area contributed by atoms with E-state index in [1.165, 1.54) is 6.07 Å². The quantitative estimate of drug-likeness (QED) is 0.479. The number of fused-ring (bicyclic) bond motifs is 4. The molecule has 2 aromatic carbocycles. The number of nitrogen functional groups attached to an aromatic ring is 1. The number of hydrogen-bond acceptors (Lipinski definition) is 6. The van der Waals surface area contributed by atoms with Gasteiger partial charge in [-0.05, 0) is 42.3 Å². The van der Waals surface area contributed by atoms with Crippen molar-refractivity contribution >= 4 is 34.9 Å². The second kappa shape index (κ2) is 6.45. The summed E-state index contributed by atoms with van der Waals surface area (Å²) in [4.78, 5) is 41.8. The molecule has 1 spiro atoms. The number of amides is 4. The van der Waals surface area contributed by atoms with Crippen molar-refractivity contribution in [3.63, 3.8) is 0 Å². The van der Waals surface area contributed by atoms with Crippen LogP contribution in [0.15, 0.2) is 42.5 Å². The summed E-state index contributed by atoms with van der Waals surface area (Å²) >= 11 is 0. The maximum Gasteiger partial charge on any atom is 0.328 e. The van der Waals surface area contributed by atoms with Gasteiger partial charge in [0.15, 0.2) is 5.41 Å². The van der Waals surface area contributed by atoms with Gasteiger partial charge in [0.1, 0.15) is 5.82 Å². The highest BCUT2D eigenvalue weighted by Crippen LogP contribution is 2.45. The molecule has 2 fully saturated rings. The first-order valence-corrected chi connectivity index (χ1v) is 9.71. The smallest absolute Gasteiger partial charge is 0.328 e. The lowest BCUT2D eigenvalue weighted by Crippen LogP contribution is -2.74. The Morgan fingerprint density at radius 3 is 2.47 bits per heavy atom. The topological polar surface area (TPSA) is 108 Å². The van der Waals surface area contributed by atoms with E-state index in [0.29, 0.717) is 24.5 Å². The van der Waals surface area contributed by atoms with Crippen molar-refractivity contribution in [2.24, 2.45) is 5.41 Å². The largest absolute Gasteiger partial charge is 0.399 e. The molecule has 4 amide bonds. The molecular weight excluding hydrogens is 389 g/mol. The number of halogens is 1. The van der Waals surface area contributed by atoms with E-state index in [9.17, 15) is 18.8 Å². The Kier molecular flexibility index (Phi) is 3.96. The Balaban J connectivity index is 1.63. The summed E-state index contributed by atoms with van der Waals surface area (Å²) in [5.41, 5.74) is 7.03. The van der Waals surface area contributed by atoms with Crippen LogP contribution in [0.1, 0.15) is 5.56 Å². The number of barbiturate groups is 1. The van der Waals surface area contributed by atoms with Crippen molar-refractivity contribution in [3.05, 3.63) is 53.8 Å². The zero-order valence-electron chi connectivity index (χ0n) is 16.0. The molecule has 1 atom stereocenters. The van der Waals surface area contributed by atoms with Crippen LogP contribution in [0, 0.1) is 11.2 Å². The van der Waals surface area contributed by atoms with E-state index in [1.54, 1.807) is 30.3 Å². The zero-order chi connectivity index (χ0) is 21.0. The maximum absolute atomic E-state index is 14.4. The highest BCUT2D eigenvalue weighted by Gasteiger charge is 2.60. The fraction of sp³-hybridized carbons (Fsp3) is 0.286. The van der Waals surface area contributed by atoms with Gasteiger partial charge in [0, 0.05) is 31.0 Å².